The van der Waals surface area contributed by atoms with Crippen LogP contribution in [0, 0.1) is 10.8 Å². The van der Waals surface area contributed by atoms with Gasteiger partial charge in [-0.25, -0.2) is 4.79 Å². The molecule has 5 rings (SSSR count). The van der Waals surface area contributed by atoms with Crippen molar-refractivity contribution in [2.45, 2.75) is 211 Å². The maximum absolute atomic E-state index is 15.9. The largest absolute Gasteiger partial charge is 0.480 e. The van der Waals surface area contributed by atoms with E-state index in [4.69, 9.17) is 45.9 Å². The van der Waals surface area contributed by atoms with Gasteiger partial charge in [-0.1, -0.05) is 124 Å². The Morgan fingerprint density at radius 2 is 1.02 bits per heavy atom. The Hall–Kier alpha value is -10.7. The second-order valence-corrected chi connectivity index (χ2v) is 34.3. The average molecular weight is 1650 g/mol. The molecule has 11 amide bonds. The number of aliphatic hydroxyl groups is 1. The molecule has 3 aromatic carbocycles. The summed E-state index contributed by atoms with van der Waals surface area (Å²) >= 11 is 1.35. The number of amides is 11. The molecule has 4 aromatic rings. The number of thiophene rings is 1. The third-order valence-corrected chi connectivity index (χ3v) is 22.5. The number of hydrogen-bond donors (Lipinski definition) is 21. The minimum atomic E-state index is -1.86. The van der Waals surface area contributed by atoms with Crippen LogP contribution in [0.25, 0.3) is 20.9 Å². The van der Waals surface area contributed by atoms with Crippen molar-refractivity contribution < 1.29 is 67.7 Å². The molecule has 114 heavy (non-hydrogen) atoms. The molecule has 3 unspecified atom stereocenters. The van der Waals surface area contributed by atoms with E-state index >= 15 is 24.0 Å². The van der Waals surface area contributed by atoms with E-state index in [1.165, 1.54) is 18.3 Å². The molecule has 0 bridgehead atoms. The Morgan fingerprint density at radius 1 is 0.553 bits per heavy atom. The molecular weight excluding hydrogens is 1530 g/mol. The maximum atomic E-state index is 15.9. The van der Waals surface area contributed by atoms with Gasteiger partial charge in [0.05, 0.1) is 6.10 Å². The number of nitrogens with one attached hydrogen (secondary N) is 11. The zero-order chi connectivity index (χ0) is 84.9. The predicted molar refractivity (Wildman–Crippen MR) is 442 cm³/mol. The van der Waals surface area contributed by atoms with Gasteiger partial charge in [0.1, 0.15) is 66.5 Å². The number of nitrogens with zero attached hydrogens (tertiary/aromatic N) is 4. The normalized spacial score (nSPS) is 20.3. The number of benzene rings is 3. The van der Waals surface area contributed by atoms with Gasteiger partial charge in [-0.05, 0) is 122 Å². The van der Waals surface area contributed by atoms with Crippen LogP contribution in [0.3, 0.4) is 0 Å². The number of hydrogen-bond acceptors (Lipinski definition) is 20. The summed E-state index contributed by atoms with van der Waals surface area (Å²) in [5.74, 6) is -13.1. The molecule has 1 aliphatic heterocycles. The van der Waals surface area contributed by atoms with Gasteiger partial charge >= 0.3 is 5.97 Å². The van der Waals surface area contributed by atoms with Crippen molar-refractivity contribution in [3.8, 4) is 0 Å². The van der Waals surface area contributed by atoms with Gasteiger partial charge in [-0.3, -0.25) is 72.7 Å². The van der Waals surface area contributed by atoms with Crippen LogP contribution < -0.4 is 104 Å². The van der Waals surface area contributed by atoms with Crippen molar-refractivity contribution >= 4 is 149 Å². The van der Waals surface area contributed by atoms with Gasteiger partial charge < -0.3 is 115 Å². The zero-order valence-electron chi connectivity index (χ0n) is 65.9. The van der Waals surface area contributed by atoms with E-state index in [2.05, 4.69) is 78.5 Å². The Morgan fingerprint density at radius 3 is 1.52 bits per heavy atom. The lowest BCUT2D eigenvalue weighted by molar-refractivity contribution is -0.145. The quantitative estimate of drug-likeness (QED) is 0.0114. The SMILES string of the molecule is CC(=O)N[C@H]1CSSC(C)(C)C(C(=O)NC(C(=O)N[C@H](C(=O)N[C@@H](CCCN=C(N)N)C(=O)N[C@H](C(=O)O)C(C)(C)C)C(C)O)C(C)(C)C)NC(=O)[C@H](Cc2csc3ccccc23)NC(=O)[C@H](Cc2ccc3ccccc3c2)NC(=O)[C@H](CCCN=C(N)N)NC(=O)[C@H](CCCN=C(N)N)NC(=O)[C@@H](CCCN=C(N)N)NC1=O. The van der Waals surface area contributed by atoms with Crippen molar-refractivity contribution in [1.29, 1.82) is 0 Å². The van der Waals surface area contributed by atoms with E-state index in [1.807, 2.05) is 54.6 Å². The van der Waals surface area contributed by atoms with Crippen LogP contribution in [-0.2, 0) is 70.4 Å². The standard InChI is InChI=1S/C74H113N23O14S3/c1-38(98)53(64(107)91-48(25-18-32-86-71(81)82)60(103)97-56(67(110)111)73(6,7)8)94-65(108)54(72(3,4)5)95-66(109)55-74(9,10)114-113-37-51(87-39(2)99)63(106)90-46(23-16-30-84-69(77)78)58(101)88-45(22-15-29-83-68(75)76)57(100)89-47(24-17-31-85-70(79)80)59(102)92-49(34-40-27-28-41-19-11-12-20-42(41)33-40)61(104)93-50(62(105)96-55)35-43-36-112-52-26-14-13-21-44(43)52/h11-14,19-21,26-28,33,36,38,45-51,53-56,98H,15-18,22-25,29-32,34-35,37H2,1-10H3,(H,87,99)(H,88,101)(H,89,100)(H,90,106)(H,91,107)(H,92,102)(H,93,104)(H,94,108)(H,95,109)(H,96,105)(H,97,103)(H,110,111)(H4,75,76,83)(H4,77,78,84)(H4,79,80,85)(H4,81,82,86)/t38?,45-,46+,47-,48-,49-,50-,51-,53-,54?,55?,56+/m0/s1. The maximum Gasteiger partial charge on any atom is 0.326 e. The van der Waals surface area contributed by atoms with Crippen molar-refractivity contribution in [1.82, 2.24) is 58.5 Å². The summed E-state index contributed by atoms with van der Waals surface area (Å²) in [6, 6.07) is 2.71. The van der Waals surface area contributed by atoms with E-state index in [0.29, 0.717) is 16.5 Å². The number of carboxylic acid groups (broad SMARTS) is 1. The molecule has 29 N–H and O–H groups in total. The van der Waals surface area contributed by atoms with Crippen LogP contribution in [0.2, 0.25) is 0 Å². The number of carbonyl (C=O) groups excluding carboxylic acids is 11. The highest BCUT2D eigenvalue weighted by Gasteiger charge is 2.45. The third kappa shape index (κ3) is 30.6. The van der Waals surface area contributed by atoms with E-state index in [0.717, 1.165) is 44.0 Å². The van der Waals surface area contributed by atoms with Crippen LogP contribution in [0.1, 0.15) is 132 Å². The van der Waals surface area contributed by atoms with Crippen LogP contribution in [0.15, 0.2) is 92.1 Å². The van der Waals surface area contributed by atoms with Crippen LogP contribution >= 0.6 is 32.9 Å². The van der Waals surface area contributed by atoms with Crippen molar-refractivity contribution in [2.75, 3.05) is 31.9 Å². The van der Waals surface area contributed by atoms with Crippen molar-refractivity contribution in [3.05, 3.63) is 83.2 Å². The zero-order valence-corrected chi connectivity index (χ0v) is 68.3. The summed E-state index contributed by atoms with van der Waals surface area (Å²) in [5, 5.41) is 55.2. The smallest absolute Gasteiger partial charge is 0.326 e. The molecule has 1 saturated heterocycles. The molecule has 12 atom stereocenters. The van der Waals surface area contributed by atoms with E-state index in [1.54, 1.807) is 72.9 Å². The second kappa shape index (κ2) is 44.1. The highest BCUT2D eigenvalue weighted by atomic mass is 33.1. The number of nitrogens with two attached hydrogens (primary N) is 8. The molecule has 0 spiro atoms. The molecule has 1 fully saturated rings. The fraction of sp³-hybridized carbons (Fsp3) is 0.541. The van der Waals surface area contributed by atoms with Crippen LogP contribution in [0.5, 0.6) is 0 Å². The lowest BCUT2D eigenvalue weighted by atomic mass is 9.85. The summed E-state index contributed by atoms with van der Waals surface area (Å²) in [6.45, 7) is 14.8. The van der Waals surface area contributed by atoms with Crippen LogP contribution in [-0.4, -0.2) is 214 Å². The fourth-order valence-electron chi connectivity index (χ4n) is 12.1. The van der Waals surface area contributed by atoms with E-state index in [9.17, 15) is 43.8 Å². The van der Waals surface area contributed by atoms with Crippen molar-refractivity contribution in [2.24, 2.45) is 76.7 Å². The molecule has 1 aliphatic rings. The van der Waals surface area contributed by atoms with Gasteiger partial charge in [0, 0.05) is 61.1 Å². The highest BCUT2D eigenvalue weighted by Crippen LogP contribution is 2.39. The molecule has 0 aliphatic carbocycles. The summed E-state index contributed by atoms with van der Waals surface area (Å²) in [4.78, 5) is 193. The first kappa shape index (κ1) is 93.9. The first-order chi connectivity index (χ1) is 53.4. The number of carboxylic acids is 1. The summed E-state index contributed by atoms with van der Waals surface area (Å²) in [6.07, 6.45) is -2.56. The Bertz CT molecular complexity index is 4160. The van der Waals surface area contributed by atoms with E-state index < -0.39 is 159 Å². The Kier molecular flexibility index (Phi) is 36.3. The predicted octanol–water partition coefficient (Wildman–Crippen LogP) is -1.86. The lowest BCUT2D eigenvalue weighted by Gasteiger charge is -2.38. The molecule has 626 valence electrons. The minimum absolute atomic E-state index is 0.0156. The monoisotopic (exact) mass is 1640 g/mol. The first-order valence-corrected chi connectivity index (χ1v) is 40.3. The van der Waals surface area contributed by atoms with E-state index in [-0.39, 0.29) is 120 Å². The summed E-state index contributed by atoms with van der Waals surface area (Å²) in [5.41, 5.74) is 43.9. The average Bonchev–Trinajstić information content (AvgIpc) is 1.41. The van der Waals surface area contributed by atoms with Gasteiger partial charge in [0.25, 0.3) is 0 Å². The van der Waals surface area contributed by atoms with Gasteiger partial charge in [0.15, 0.2) is 23.8 Å². The molecule has 2 heterocycles. The van der Waals surface area contributed by atoms with Gasteiger partial charge in [0.2, 0.25) is 65.0 Å². The molecule has 1 aromatic heterocycles. The van der Waals surface area contributed by atoms with Crippen molar-refractivity contribution in [3.63, 3.8) is 0 Å². The molecule has 0 radical (unpaired) electrons. The van der Waals surface area contributed by atoms with Gasteiger partial charge in [-0.2, -0.15) is 0 Å². The fourth-order valence-corrected chi connectivity index (χ4v) is 15.9. The Labute approximate surface area is 673 Å². The molecular formula is C74H113N23O14S3. The number of aliphatic imine (C=N–C) groups is 4. The van der Waals surface area contributed by atoms with Gasteiger partial charge in [-0.15, -0.1) is 11.3 Å². The lowest BCUT2D eigenvalue weighted by Crippen LogP contribution is -2.66. The number of guanidine groups is 4. The summed E-state index contributed by atoms with van der Waals surface area (Å²) in [7, 11) is 1.89. The number of fused-ring (bicyclic) bond motifs is 2. The molecule has 40 heteroatoms. The number of carbonyl (C=O) groups is 12. The van der Waals surface area contributed by atoms with Crippen LogP contribution in [0.4, 0.5) is 0 Å². The molecule has 0 saturated carbocycles. The third-order valence-electron chi connectivity index (χ3n) is 18.1. The highest BCUT2D eigenvalue weighted by molar-refractivity contribution is 8.77. The number of rotatable bonds is 31. The minimum Gasteiger partial charge on any atom is -0.480 e. The molecule has 37 nitrogen and oxygen atoms in total. The topological polar surface area (TPSA) is 635 Å². The number of aliphatic hydroxyl groups excluding tert-OH is 1. The Balaban J connectivity index is 1.73. The number of aliphatic carboxylic acids is 1. The summed E-state index contributed by atoms with van der Waals surface area (Å²) < 4.78 is -0.775. The second-order valence-electron chi connectivity index (χ2n) is 30.4. The first-order valence-electron chi connectivity index (χ1n) is 37.1.